The third-order valence-corrected chi connectivity index (χ3v) is 4.63. The van der Waals surface area contributed by atoms with Crippen LogP contribution in [0.3, 0.4) is 0 Å². The molecule has 29 heavy (non-hydrogen) atoms. The summed E-state index contributed by atoms with van der Waals surface area (Å²) in [5.41, 5.74) is 2.09. The standard InChI is InChI=1S/C22H24N4O3/c1-26(2)18(16-10-11-19(27-3)20(12-16)28-4)14-24-22-17(13-23)25-21(29-22)15-8-6-5-7-9-15/h5-12,18,24H,14H2,1-4H3/t18-/m0/s1. The quantitative estimate of drug-likeness (QED) is 0.621. The van der Waals surface area contributed by atoms with Gasteiger partial charge in [0.25, 0.3) is 0 Å². The predicted molar refractivity (Wildman–Crippen MR) is 111 cm³/mol. The summed E-state index contributed by atoms with van der Waals surface area (Å²) in [7, 11) is 7.21. The lowest BCUT2D eigenvalue weighted by molar-refractivity contribution is 0.307. The van der Waals surface area contributed by atoms with Gasteiger partial charge in [-0.25, -0.2) is 0 Å². The number of methoxy groups -OCH3 is 2. The molecule has 0 unspecified atom stereocenters. The molecule has 1 atom stereocenters. The molecule has 0 saturated heterocycles. The SMILES string of the molecule is COc1ccc([C@H](CNc2oc(-c3ccccc3)nc2C#N)N(C)C)cc1OC. The van der Waals surface area contributed by atoms with E-state index >= 15 is 0 Å². The average Bonchev–Trinajstić information content (AvgIpc) is 3.17. The van der Waals surface area contributed by atoms with E-state index in [1.807, 2.05) is 62.6 Å². The molecular weight excluding hydrogens is 368 g/mol. The van der Waals surface area contributed by atoms with Crippen LogP contribution in [-0.4, -0.2) is 44.7 Å². The van der Waals surface area contributed by atoms with E-state index in [0.717, 1.165) is 11.1 Å². The summed E-state index contributed by atoms with van der Waals surface area (Å²) in [6.45, 7) is 0.514. The molecule has 0 aliphatic heterocycles. The molecule has 3 rings (SSSR count). The second-order valence-electron chi connectivity index (χ2n) is 6.65. The van der Waals surface area contributed by atoms with Gasteiger partial charge in [0.15, 0.2) is 11.5 Å². The molecule has 1 N–H and O–H groups in total. The van der Waals surface area contributed by atoms with E-state index in [4.69, 9.17) is 13.9 Å². The highest BCUT2D eigenvalue weighted by molar-refractivity contribution is 5.58. The van der Waals surface area contributed by atoms with Crippen molar-refractivity contribution in [3.8, 4) is 29.0 Å². The highest BCUT2D eigenvalue weighted by atomic mass is 16.5. The van der Waals surface area contributed by atoms with Gasteiger partial charge in [0, 0.05) is 12.1 Å². The first-order chi connectivity index (χ1) is 14.1. The van der Waals surface area contributed by atoms with E-state index in [-0.39, 0.29) is 11.7 Å². The van der Waals surface area contributed by atoms with Crippen LogP contribution in [0.4, 0.5) is 5.88 Å². The van der Waals surface area contributed by atoms with Crippen molar-refractivity contribution in [2.75, 3.05) is 40.2 Å². The first-order valence-electron chi connectivity index (χ1n) is 9.16. The topological polar surface area (TPSA) is 83.5 Å². The van der Waals surface area contributed by atoms with Crippen LogP contribution in [0.1, 0.15) is 17.3 Å². The second kappa shape index (κ2) is 9.13. The first kappa shape index (κ1) is 20.2. The van der Waals surface area contributed by atoms with Gasteiger partial charge < -0.3 is 24.1 Å². The second-order valence-corrected chi connectivity index (χ2v) is 6.65. The van der Waals surface area contributed by atoms with E-state index in [9.17, 15) is 5.26 Å². The average molecular weight is 392 g/mol. The van der Waals surface area contributed by atoms with E-state index in [1.165, 1.54) is 0 Å². The summed E-state index contributed by atoms with van der Waals surface area (Å²) in [5, 5.41) is 12.7. The van der Waals surface area contributed by atoms with Gasteiger partial charge in [0.05, 0.1) is 20.3 Å². The maximum atomic E-state index is 9.44. The number of ether oxygens (including phenoxy) is 2. The molecule has 1 aromatic heterocycles. The number of aromatic nitrogens is 1. The minimum Gasteiger partial charge on any atom is -0.493 e. The monoisotopic (exact) mass is 392 g/mol. The Bertz CT molecular complexity index is 993. The Morgan fingerprint density at radius 1 is 1.10 bits per heavy atom. The van der Waals surface area contributed by atoms with Gasteiger partial charge >= 0.3 is 0 Å². The Hall–Kier alpha value is -3.50. The maximum Gasteiger partial charge on any atom is 0.232 e. The van der Waals surface area contributed by atoms with Gasteiger partial charge in [-0.3, -0.25) is 0 Å². The lowest BCUT2D eigenvalue weighted by Crippen LogP contribution is -2.27. The summed E-state index contributed by atoms with van der Waals surface area (Å²) in [6.07, 6.45) is 0. The number of nitriles is 1. The lowest BCUT2D eigenvalue weighted by Gasteiger charge is -2.25. The van der Waals surface area contributed by atoms with Crippen molar-refractivity contribution in [3.63, 3.8) is 0 Å². The van der Waals surface area contributed by atoms with Crippen LogP contribution < -0.4 is 14.8 Å². The summed E-state index contributed by atoms with van der Waals surface area (Å²) in [4.78, 5) is 6.38. The van der Waals surface area contributed by atoms with Gasteiger partial charge in [0.2, 0.25) is 17.5 Å². The molecule has 0 aliphatic rings. The molecule has 0 radical (unpaired) electrons. The molecule has 0 spiro atoms. The third-order valence-electron chi connectivity index (χ3n) is 4.63. The molecule has 7 nitrogen and oxygen atoms in total. The van der Waals surface area contributed by atoms with Crippen molar-refractivity contribution < 1.29 is 13.9 Å². The zero-order valence-corrected chi connectivity index (χ0v) is 17.0. The maximum absolute atomic E-state index is 9.44. The molecule has 0 bridgehead atoms. The van der Waals surface area contributed by atoms with Crippen LogP contribution in [0.25, 0.3) is 11.5 Å². The molecule has 3 aromatic rings. The summed E-state index contributed by atoms with van der Waals surface area (Å²) < 4.78 is 16.6. The molecule has 1 heterocycles. The molecule has 0 saturated carbocycles. The van der Waals surface area contributed by atoms with Crippen LogP contribution in [-0.2, 0) is 0 Å². The van der Waals surface area contributed by atoms with Crippen molar-refractivity contribution in [1.82, 2.24) is 9.88 Å². The fraction of sp³-hybridized carbons (Fsp3) is 0.273. The number of nitrogens with one attached hydrogen (secondary N) is 1. The minimum absolute atomic E-state index is 0.00613. The van der Waals surface area contributed by atoms with Crippen molar-refractivity contribution >= 4 is 5.88 Å². The molecular formula is C22H24N4O3. The molecule has 0 fully saturated rings. The molecule has 0 amide bonds. The smallest absolute Gasteiger partial charge is 0.232 e. The van der Waals surface area contributed by atoms with E-state index in [0.29, 0.717) is 29.8 Å². The zero-order valence-electron chi connectivity index (χ0n) is 17.0. The van der Waals surface area contributed by atoms with Crippen LogP contribution in [0.15, 0.2) is 52.9 Å². The Labute approximate surface area is 170 Å². The largest absolute Gasteiger partial charge is 0.493 e. The molecule has 7 heteroatoms. The Balaban J connectivity index is 1.83. The Kier molecular flexibility index (Phi) is 6.37. The predicted octanol–water partition coefficient (Wildman–Crippen LogP) is 3.95. The number of hydrogen-bond acceptors (Lipinski definition) is 7. The minimum atomic E-state index is 0.00613. The summed E-state index contributed by atoms with van der Waals surface area (Å²) in [5.74, 6) is 2.12. The van der Waals surface area contributed by atoms with Gasteiger partial charge in [-0.15, -0.1) is 0 Å². The third kappa shape index (κ3) is 4.50. The number of rotatable bonds is 8. The van der Waals surface area contributed by atoms with Crippen molar-refractivity contribution in [2.24, 2.45) is 0 Å². The number of nitrogens with zero attached hydrogens (tertiary/aromatic N) is 3. The van der Waals surface area contributed by atoms with Gasteiger partial charge in [-0.1, -0.05) is 24.3 Å². The lowest BCUT2D eigenvalue weighted by atomic mass is 10.1. The number of benzene rings is 2. The van der Waals surface area contributed by atoms with Crippen molar-refractivity contribution in [2.45, 2.75) is 6.04 Å². The summed E-state index contributed by atoms with van der Waals surface area (Å²) >= 11 is 0. The Morgan fingerprint density at radius 3 is 2.45 bits per heavy atom. The number of anilines is 1. The summed E-state index contributed by atoms with van der Waals surface area (Å²) in [6, 6.07) is 17.4. The highest BCUT2D eigenvalue weighted by Gasteiger charge is 2.20. The highest BCUT2D eigenvalue weighted by Crippen LogP contribution is 2.32. The number of hydrogen-bond donors (Lipinski definition) is 1. The van der Waals surface area contributed by atoms with Crippen molar-refractivity contribution in [3.05, 3.63) is 59.8 Å². The Morgan fingerprint density at radius 2 is 1.83 bits per heavy atom. The van der Waals surface area contributed by atoms with Crippen LogP contribution >= 0.6 is 0 Å². The van der Waals surface area contributed by atoms with Gasteiger partial charge in [-0.05, 0) is 43.9 Å². The fourth-order valence-corrected chi connectivity index (χ4v) is 3.07. The zero-order chi connectivity index (χ0) is 20.8. The van der Waals surface area contributed by atoms with E-state index in [2.05, 4.69) is 21.3 Å². The van der Waals surface area contributed by atoms with Crippen molar-refractivity contribution in [1.29, 1.82) is 5.26 Å². The molecule has 150 valence electrons. The fourth-order valence-electron chi connectivity index (χ4n) is 3.07. The van der Waals surface area contributed by atoms with Crippen LogP contribution in [0.5, 0.6) is 11.5 Å². The number of oxazole rings is 1. The molecule has 2 aromatic carbocycles. The van der Waals surface area contributed by atoms with E-state index < -0.39 is 0 Å². The number of likely N-dealkylation sites (N-methyl/N-ethyl adjacent to an activating group) is 1. The van der Waals surface area contributed by atoms with Gasteiger partial charge in [-0.2, -0.15) is 10.2 Å². The normalized spacial score (nSPS) is 11.7. The van der Waals surface area contributed by atoms with Crippen LogP contribution in [0, 0.1) is 11.3 Å². The van der Waals surface area contributed by atoms with E-state index in [1.54, 1.807) is 14.2 Å². The first-order valence-corrected chi connectivity index (χ1v) is 9.16. The van der Waals surface area contributed by atoms with Gasteiger partial charge in [0.1, 0.15) is 6.07 Å². The molecule has 0 aliphatic carbocycles. The van der Waals surface area contributed by atoms with Crippen LogP contribution in [0.2, 0.25) is 0 Å².